The van der Waals surface area contributed by atoms with Gasteiger partial charge in [0.25, 0.3) is 5.91 Å². The molecule has 1 heterocycles. The third-order valence-corrected chi connectivity index (χ3v) is 5.47. The number of likely N-dealkylation sites (tertiary alicyclic amines) is 1. The second-order valence-corrected chi connectivity index (χ2v) is 7.44. The van der Waals surface area contributed by atoms with Crippen LogP contribution in [0.5, 0.6) is 0 Å². The number of hydrogen-bond donors (Lipinski definition) is 1. The largest absolute Gasteiger partial charge is 0.455 e. The Labute approximate surface area is 170 Å². The van der Waals surface area contributed by atoms with Gasteiger partial charge < -0.3 is 15.0 Å². The summed E-state index contributed by atoms with van der Waals surface area (Å²) < 4.78 is 5.18. The molecule has 2 amide bonds. The van der Waals surface area contributed by atoms with Gasteiger partial charge in [-0.3, -0.25) is 14.4 Å². The van der Waals surface area contributed by atoms with Crippen molar-refractivity contribution in [3.05, 3.63) is 65.2 Å². The number of aryl methyl sites for hydroxylation is 1. The van der Waals surface area contributed by atoms with Gasteiger partial charge in [0.1, 0.15) is 0 Å². The van der Waals surface area contributed by atoms with E-state index in [1.54, 1.807) is 11.0 Å². The lowest BCUT2D eigenvalue weighted by atomic mass is 10.1. The van der Waals surface area contributed by atoms with Crippen molar-refractivity contribution in [2.24, 2.45) is 5.92 Å². The van der Waals surface area contributed by atoms with Crippen LogP contribution in [0.25, 0.3) is 0 Å². The fourth-order valence-electron chi connectivity index (χ4n) is 3.50. The lowest BCUT2D eigenvalue weighted by Crippen LogP contribution is -2.30. The molecular weight excluding hydrogens is 368 g/mol. The van der Waals surface area contributed by atoms with Crippen molar-refractivity contribution >= 4 is 23.5 Å². The quantitative estimate of drug-likeness (QED) is 0.762. The number of nitrogens with zero attached hydrogens (tertiary/aromatic N) is 1. The molecule has 0 aromatic heterocycles. The number of anilines is 1. The smallest absolute Gasteiger partial charge is 0.311 e. The Morgan fingerprint density at radius 3 is 2.59 bits per heavy atom. The molecular formula is C23H26N2O4. The first kappa shape index (κ1) is 20.6. The van der Waals surface area contributed by atoms with Crippen LogP contribution in [0.1, 0.15) is 36.1 Å². The Balaban J connectivity index is 1.53. The number of amides is 2. The third-order valence-electron chi connectivity index (χ3n) is 5.47. The van der Waals surface area contributed by atoms with E-state index in [1.165, 1.54) is 0 Å². The molecule has 0 bridgehead atoms. The molecule has 1 aliphatic heterocycles. The molecule has 0 radical (unpaired) electrons. The number of esters is 1. The summed E-state index contributed by atoms with van der Waals surface area (Å²) in [4.78, 5) is 38.6. The normalized spacial score (nSPS) is 17.1. The fourth-order valence-corrected chi connectivity index (χ4v) is 3.50. The predicted octanol–water partition coefficient (Wildman–Crippen LogP) is 3.39. The Morgan fingerprint density at radius 2 is 1.86 bits per heavy atom. The van der Waals surface area contributed by atoms with Crippen molar-refractivity contribution < 1.29 is 19.1 Å². The van der Waals surface area contributed by atoms with E-state index in [-0.39, 0.29) is 25.0 Å². The summed E-state index contributed by atoms with van der Waals surface area (Å²) >= 11 is 0. The van der Waals surface area contributed by atoms with E-state index in [2.05, 4.69) is 5.32 Å². The zero-order valence-electron chi connectivity index (χ0n) is 17.0. The molecule has 1 N–H and O–H groups in total. The summed E-state index contributed by atoms with van der Waals surface area (Å²) in [5.74, 6) is -1.55. The van der Waals surface area contributed by atoms with Gasteiger partial charge in [-0.15, -0.1) is 0 Å². The predicted molar refractivity (Wildman–Crippen MR) is 110 cm³/mol. The van der Waals surface area contributed by atoms with Gasteiger partial charge in [0.05, 0.1) is 12.0 Å². The molecule has 1 fully saturated rings. The molecule has 0 spiro atoms. The lowest BCUT2D eigenvalue weighted by Gasteiger charge is -2.25. The summed E-state index contributed by atoms with van der Waals surface area (Å²) in [6.07, 6.45) is 0.106. The highest BCUT2D eigenvalue weighted by Gasteiger charge is 2.38. The minimum Gasteiger partial charge on any atom is -0.455 e. The van der Waals surface area contributed by atoms with Gasteiger partial charge in [-0.1, -0.05) is 42.5 Å². The third kappa shape index (κ3) is 4.83. The Hall–Kier alpha value is -3.15. The van der Waals surface area contributed by atoms with E-state index in [9.17, 15) is 14.4 Å². The van der Waals surface area contributed by atoms with Crippen molar-refractivity contribution in [2.75, 3.05) is 18.5 Å². The second kappa shape index (κ2) is 8.90. The van der Waals surface area contributed by atoms with E-state index in [0.29, 0.717) is 12.2 Å². The van der Waals surface area contributed by atoms with Gasteiger partial charge >= 0.3 is 5.97 Å². The van der Waals surface area contributed by atoms with Crippen LogP contribution in [0.15, 0.2) is 48.5 Å². The van der Waals surface area contributed by atoms with Gasteiger partial charge in [0.15, 0.2) is 6.61 Å². The first-order valence-electron chi connectivity index (χ1n) is 9.74. The Bertz CT molecular complexity index is 910. The molecule has 1 aliphatic rings. The van der Waals surface area contributed by atoms with Crippen molar-refractivity contribution in [1.29, 1.82) is 0 Å². The van der Waals surface area contributed by atoms with Crippen LogP contribution in [-0.2, 0) is 19.1 Å². The molecule has 0 saturated carbocycles. The number of carbonyl (C=O) groups is 3. The molecule has 3 rings (SSSR count). The number of carbonyl (C=O) groups excluding carboxylic acids is 3. The maximum Gasteiger partial charge on any atom is 0.311 e. The molecule has 2 aromatic rings. The van der Waals surface area contributed by atoms with Gasteiger partial charge in [-0.2, -0.15) is 0 Å². The van der Waals surface area contributed by atoms with Crippen LogP contribution in [0.2, 0.25) is 0 Å². The number of benzene rings is 2. The van der Waals surface area contributed by atoms with Gasteiger partial charge in [0.2, 0.25) is 5.91 Å². The minimum absolute atomic E-state index is 0.0804. The van der Waals surface area contributed by atoms with Crippen molar-refractivity contribution in [1.82, 2.24) is 4.90 Å². The van der Waals surface area contributed by atoms with E-state index >= 15 is 0 Å². The molecule has 29 heavy (non-hydrogen) atoms. The number of hydrogen-bond acceptors (Lipinski definition) is 4. The molecule has 2 aromatic carbocycles. The zero-order chi connectivity index (χ0) is 21.0. The highest BCUT2D eigenvalue weighted by Crippen LogP contribution is 2.29. The van der Waals surface area contributed by atoms with Gasteiger partial charge in [0, 0.05) is 18.7 Å². The van der Waals surface area contributed by atoms with E-state index in [0.717, 1.165) is 16.7 Å². The number of nitrogens with one attached hydrogen (secondary N) is 1. The highest BCUT2D eigenvalue weighted by atomic mass is 16.5. The first-order valence-corrected chi connectivity index (χ1v) is 9.74. The van der Waals surface area contributed by atoms with Crippen LogP contribution in [0.4, 0.5) is 5.69 Å². The molecule has 6 nitrogen and oxygen atoms in total. The van der Waals surface area contributed by atoms with Gasteiger partial charge in [-0.25, -0.2) is 0 Å². The van der Waals surface area contributed by atoms with Crippen LogP contribution < -0.4 is 5.32 Å². The van der Waals surface area contributed by atoms with Crippen LogP contribution in [0, 0.1) is 19.8 Å². The molecule has 0 aliphatic carbocycles. The topological polar surface area (TPSA) is 75.7 Å². The molecule has 0 unspecified atom stereocenters. The number of ether oxygens (including phenoxy) is 1. The van der Waals surface area contributed by atoms with Crippen LogP contribution in [-0.4, -0.2) is 35.8 Å². The SMILES string of the molecule is Cc1cccc(NC(=O)COC(=O)[C@@H]2CC(=O)N([C@@H](C)c3ccccc3)C2)c1C. The zero-order valence-corrected chi connectivity index (χ0v) is 17.0. The van der Waals surface area contributed by atoms with E-state index < -0.39 is 17.8 Å². The highest BCUT2D eigenvalue weighted by molar-refractivity contribution is 5.94. The Kier molecular flexibility index (Phi) is 6.32. The summed E-state index contributed by atoms with van der Waals surface area (Å²) in [5, 5.41) is 2.76. The molecule has 2 atom stereocenters. The molecule has 152 valence electrons. The number of rotatable bonds is 6. The summed E-state index contributed by atoms with van der Waals surface area (Å²) in [5.41, 5.74) is 3.75. The van der Waals surface area contributed by atoms with Gasteiger partial charge in [-0.05, 0) is 43.5 Å². The first-order chi connectivity index (χ1) is 13.9. The van der Waals surface area contributed by atoms with Crippen LogP contribution in [0.3, 0.4) is 0 Å². The summed E-state index contributed by atoms with van der Waals surface area (Å²) in [6, 6.07) is 15.2. The monoisotopic (exact) mass is 394 g/mol. The average molecular weight is 394 g/mol. The standard InChI is InChI=1S/C23H26N2O4/c1-15-8-7-11-20(16(15)2)24-21(26)14-29-23(28)19-12-22(27)25(13-19)17(3)18-9-5-4-6-10-18/h4-11,17,19H,12-14H2,1-3H3,(H,24,26)/t17-,19+/m0/s1. The van der Waals surface area contributed by atoms with Crippen molar-refractivity contribution in [3.8, 4) is 0 Å². The maximum atomic E-state index is 12.4. The second-order valence-electron chi connectivity index (χ2n) is 7.44. The summed E-state index contributed by atoms with van der Waals surface area (Å²) in [6.45, 7) is 5.75. The summed E-state index contributed by atoms with van der Waals surface area (Å²) in [7, 11) is 0. The molecule has 6 heteroatoms. The van der Waals surface area contributed by atoms with Crippen molar-refractivity contribution in [3.63, 3.8) is 0 Å². The van der Waals surface area contributed by atoms with Crippen LogP contribution >= 0.6 is 0 Å². The van der Waals surface area contributed by atoms with E-state index in [4.69, 9.17) is 4.74 Å². The lowest BCUT2D eigenvalue weighted by molar-refractivity contribution is -0.151. The fraction of sp³-hybridized carbons (Fsp3) is 0.348. The van der Waals surface area contributed by atoms with Crippen molar-refractivity contribution in [2.45, 2.75) is 33.2 Å². The average Bonchev–Trinajstić information content (AvgIpc) is 3.11. The Morgan fingerprint density at radius 1 is 1.14 bits per heavy atom. The minimum atomic E-state index is -0.554. The van der Waals surface area contributed by atoms with E-state index in [1.807, 2.05) is 63.2 Å². The maximum absolute atomic E-state index is 12.4. The molecule has 1 saturated heterocycles.